The number of nitrogens with zero attached hydrogens (tertiary/aromatic N) is 1. The lowest BCUT2D eigenvalue weighted by Gasteiger charge is -2.20. The highest BCUT2D eigenvalue weighted by atomic mass is 32.2. The van der Waals surface area contributed by atoms with Crippen LogP contribution in [0.5, 0.6) is 0 Å². The van der Waals surface area contributed by atoms with Crippen molar-refractivity contribution < 1.29 is 13.2 Å². The lowest BCUT2D eigenvalue weighted by Crippen LogP contribution is -2.29. The van der Waals surface area contributed by atoms with Crippen LogP contribution in [0.25, 0.3) is 0 Å². The van der Waals surface area contributed by atoms with Crippen LogP contribution in [0, 0.1) is 0 Å². The second-order valence-corrected chi connectivity index (χ2v) is 8.57. The van der Waals surface area contributed by atoms with Crippen molar-refractivity contribution in [2.45, 2.75) is 18.7 Å². The molecular weight excluding hydrogens is 356 g/mol. The van der Waals surface area contributed by atoms with Gasteiger partial charge in [-0.05, 0) is 49.1 Å². The highest BCUT2D eigenvalue weighted by molar-refractivity contribution is 7.99. The van der Waals surface area contributed by atoms with Gasteiger partial charge >= 0.3 is 0 Å². The van der Waals surface area contributed by atoms with Crippen molar-refractivity contribution in [3.63, 3.8) is 0 Å². The van der Waals surface area contributed by atoms with E-state index >= 15 is 0 Å². The summed E-state index contributed by atoms with van der Waals surface area (Å²) in [6.45, 7) is 4.17. The van der Waals surface area contributed by atoms with Gasteiger partial charge in [0.2, 0.25) is 10.0 Å². The summed E-state index contributed by atoms with van der Waals surface area (Å²) in [5.41, 5.74) is 1.79. The van der Waals surface area contributed by atoms with Crippen molar-refractivity contribution in [2.24, 2.45) is 0 Å². The van der Waals surface area contributed by atoms with Crippen molar-refractivity contribution in [2.75, 3.05) is 28.2 Å². The van der Waals surface area contributed by atoms with Crippen molar-refractivity contribution in [3.05, 3.63) is 54.1 Å². The lowest BCUT2D eigenvalue weighted by molar-refractivity contribution is 0.102. The molecule has 0 aromatic heterocycles. The summed E-state index contributed by atoms with van der Waals surface area (Å²) in [6.07, 6.45) is 1.17. The Hall–Kier alpha value is -1.99. The monoisotopic (exact) mass is 378 g/mol. The summed E-state index contributed by atoms with van der Waals surface area (Å²) >= 11 is 1.66. The van der Waals surface area contributed by atoms with E-state index in [9.17, 15) is 13.2 Å². The fourth-order valence-electron chi connectivity index (χ4n) is 2.43. The average molecular weight is 379 g/mol. The van der Waals surface area contributed by atoms with E-state index in [2.05, 4.69) is 12.2 Å². The molecule has 0 atom stereocenters. The molecule has 0 spiro atoms. The zero-order valence-electron chi connectivity index (χ0n) is 14.5. The number of hydrogen-bond acceptors (Lipinski definition) is 4. The molecule has 0 radical (unpaired) electrons. The molecule has 0 aliphatic heterocycles. The van der Waals surface area contributed by atoms with E-state index in [4.69, 9.17) is 0 Å². The zero-order chi connectivity index (χ0) is 18.4. The quantitative estimate of drug-likeness (QED) is 0.744. The predicted molar refractivity (Wildman–Crippen MR) is 105 cm³/mol. The standard InChI is InChI=1S/C18H22N2O3S2/c1-4-20(25(3,22)23)15-12-10-14(11-13-15)18(21)19-16-8-6-7-9-17(16)24-5-2/h6-13H,4-5H2,1-3H3,(H,19,21). The van der Waals surface area contributed by atoms with Crippen LogP contribution in [0.1, 0.15) is 24.2 Å². The number of sulfonamides is 1. The molecule has 0 saturated heterocycles. The molecule has 1 N–H and O–H groups in total. The average Bonchev–Trinajstić information content (AvgIpc) is 2.57. The molecule has 0 unspecified atom stereocenters. The molecule has 0 bridgehead atoms. The van der Waals surface area contributed by atoms with Crippen LogP contribution in [0.4, 0.5) is 11.4 Å². The fourth-order valence-corrected chi connectivity index (χ4v) is 4.17. The zero-order valence-corrected chi connectivity index (χ0v) is 16.2. The largest absolute Gasteiger partial charge is 0.321 e. The maximum Gasteiger partial charge on any atom is 0.255 e. The number of carbonyl (C=O) groups is 1. The van der Waals surface area contributed by atoms with Gasteiger partial charge in [-0.3, -0.25) is 9.10 Å². The molecule has 134 valence electrons. The first-order valence-corrected chi connectivity index (χ1v) is 10.8. The first-order valence-electron chi connectivity index (χ1n) is 7.97. The summed E-state index contributed by atoms with van der Waals surface area (Å²) in [6, 6.07) is 14.2. The highest BCUT2D eigenvalue weighted by Crippen LogP contribution is 2.27. The molecule has 0 fully saturated rings. The van der Waals surface area contributed by atoms with Crippen molar-refractivity contribution >= 4 is 39.1 Å². The summed E-state index contributed by atoms with van der Waals surface area (Å²) < 4.78 is 24.8. The van der Waals surface area contributed by atoms with Crippen LogP contribution >= 0.6 is 11.8 Å². The predicted octanol–water partition coefficient (Wildman–Crippen LogP) is 3.84. The third kappa shape index (κ3) is 4.99. The number of carbonyl (C=O) groups excluding carboxylic acids is 1. The molecule has 0 aliphatic rings. The lowest BCUT2D eigenvalue weighted by atomic mass is 10.2. The smallest absolute Gasteiger partial charge is 0.255 e. The van der Waals surface area contributed by atoms with E-state index in [0.29, 0.717) is 17.8 Å². The fraction of sp³-hybridized carbons (Fsp3) is 0.278. The second-order valence-electron chi connectivity index (χ2n) is 5.36. The summed E-state index contributed by atoms with van der Waals surface area (Å²) in [5.74, 6) is 0.693. The van der Waals surface area contributed by atoms with Gasteiger partial charge in [-0.2, -0.15) is 0 Å². The normalized spacial score (nSPS) is 11.2. The van der Waals surface area contributed by atoms with Gasteiger partial charge < -0.3 is 5.32 Å². The van der Waals surface area contributed by atoms with Crippen molar-refractivity contribution in [1.29, 1.82) is 0 Å². The second kappa shape index (κ2) is 8.40. The van der Waals surface area contributed by atoms with E-state index in [1.165, 1.54) is 10.6 Å². The number of nitrogens with one attached hydrogen (secondary N) is 1. The Morgan fingerprint density at radius 1 is 1.08 bits per heavy atom. The molecule has 2 aromatic rings. The Morgan fingerprint density at radius 3 is 2.28 bits per heavy atom. The third-order valence-electron chi connectivity index (χ3n) is 3.54. The Morgan fingerprint density at radius 2 is 1.72 bits per heavy atom. The number of amides is 1. The van der Waals surface area contributed by atoms with Gasteiger partial charge in [0.25, 0.3) is 5.91 Å². The van der Waals surface area contributed by atoms with Gasteiger partial charge in [-0.25, -0.2) is 8.42 Å². The summed E-state index contributed by atoms with van der Waals surface area (Å²) in [7, 11) is -3.33. The van der Waals surface area contributed by atoms with Gasteiger partial charge in [0.15, 0.2) is 0 Å². The number of benzene rings is 2. The minimum Gasteiger partial charge on any atom is -0.321 e. The Balaban J connectivity index is 2.19. The maximum atomic E-state index is 12.5. The van der Waals surface area contributed by atoms with E-state index in [0.717, 1.165) is 16.3 Å². The first kappa shape index (κ1) is 19.3. The Labute approximate surface area is 153 Å². The third-order valence-corrected chi connectivity index (χ3v) is 5.77. The summed E-state index contributed by atoms with van der Waals surface area (Å²) in [5, 5.41) is 2.91. The molecular formula is C18H22N2O3S2. The van der Waals surface area contributed by atoms with Gasteiger partial charge in [0.05, 0.1) is 17.6 Å². The maximum absolute atomic E-state index is 12.5. The highest BCUT2D eigenvalue weighted by Gasteiger charge is 2.16. The van der Waals surface area contributed by atoms with Crippen LogP contribution in [-0.4, -0.2) is 32.9 Å². The number of anilines is 2. The Bertz CT molecular complexity index is 834. The topological polar surface area (TPSA) is 66.5 Å². The first-order chi connectivity index (χ1) is 11.9. The minimum atomic E-state index is -3.33. The molecule has 0 saturated carbocycles. The van der Waals surface area contributed by atoms with Gasteiger partial charge in [0, 0.05) is 17.0 Å². The van der Waals surface area contributed by atoms with Gasteiger partial charge in [-0.15, -0.1) is 11.8 Å². The van der Waals surface area contributed by atoms with Crippen molar-refractivity contribution in [3.8, 4) is 0 Å². The molecule has 25 heavy (non-hydrogen) atoms. The molecule has 1 amide bonds. The molecule has 0 heterocycles. The number of para-hydroxylation sites is 1. The molecule has 0 aliphatic carbocycles. The van der Waals surface area contributed by atoms with E-state index in [1.807, 2.05) is 24.3 Å². The van der Waals surface area contributed by atoms with Crippen LogP contribution in [0.2, 0.25) is 0 Å². The molecule has 7 heteroatoms. The van der Waals surface area contributed by atoms with Gasteiger partial charge in [-0.1, -0.05) is 19.1 Å². The van der Waals surface area contributed by atoms with Crippen LogP contribution in [0.3, 0.4) is 0 Å². The molecule has 5 nitrogen and oxygen atoms in total. The SMILES string of the molecule is CCSc1ccccc1NC(=O)c1ccc(N(CC)S(C)(=O)=O)cc1. The van der Waals surface area contributed by atoms with E-state index in [-0.39, 0.29) is 5.91 Å². The van der Waals surface area contributed by atoms with Crippen molar-refractivity contribution in [1.82, 2.24) is 0 Å². The summed E-state index contributed by atoms with van der Waals surface area (Å²) in [4.78, 5) is 13.5. The number of rotatable bonds is 7. The Kier molecular flexibility index (Phi) is 6.50. The van der Waals surface area contributed by atoms with Gasteiger partial charge in [0.1, 0.15) is 0 Å². The number of hydrogen-bond donors (Lipinski definition) is 1. The van der Waals surface area contributed by atoms with Crippen LogP contribution in [0.15, 0.2) is 53.4 Å². The van der Waals surface area contributed by atoms with Crippen LogP contribution < -0.4 is 9.62 Å². The minimum absolute atomic E-state index is 0.224. The molecule has 2 rings (SSSR count). The van der Waals surface area contributed by atoms with E-state index in [1.54, 1.807) is 43.0 Å². The molecule has 2 aromatic carbocycles. The van der Waals surface area contributed by atoms with E-state index < -0.39 is 10.0 Å². The number of thioether (sulfide) groups is 1. The van der Waals surface area contributed by atoms with Crippen LogP contribution in [-0.2, 0) is 10.0 Å².